The van der Waals surface area contributed by atoms with Crippen molar-refractivity contribution in [1.82, 2.24) is 20.1 Å². The fraction of sp³-hybridized carbons (Fsp3) is 0.355. The highest BCUT2D eigenvalue weighted by atomic mass is 35.5. The number of likely N-dealkylation sites (tertiary alicyclic amines) is 1. The molecule has 2 aliphatic rings. The van der Waals surface area contributed by atoms with E-state index in [9.17, 15) is 14.4 Å². The third-order valence-corrected chi connectivity index (χ3v) is 7.75. The second kappa shape index (κ2) is 15.0. The van der Waals surface area contributed by atoms with Crippen LogP contribution in [-0.4, -0.2) is 85.9 Å². The number of anilines is 2. The zero-order valence-corrected chi connectivity index (χ0v) is 25.5. The van der Waals surface area contributed by atoms with E-state index < -0.39 is 0 Å². The number of pyridine rings is 1. The molecule has 0 unspecified atom stereocenters. The van der Waals surface area contributed by atoms with Crippen LogP contribution in [0.15, 0.2) is 66.9 Å². The molecule has 3 aromatic rings. The van der Waals surface area contributed by atoms with Crippen LogP contribution in [0.3, 0.4) is 0 Å². The van der Waals surface area contributed by atoms with Gasteiger partial charge in [0, 0.05) is 69.5 Å². The average molecular weight is 614 g/mol. The van der Waals surface area contributed by atoms with Crippen LogP contribution in [-0.2, 0) is 4.79 Å². The summed E-state index contributed by atoms with van der Waals surface area (Å²) in [7, 11) is 3.72. The van der Waals surface area contributed by atoms with Crippen LogP contribution in [0.4, 0.5) is 11.4 Å². The maximum Gasteiger partial charge on any atom is 0.272 e. The monoisotopic (exact) mass is 612 g/mol. The number of hydrogen-bond donors (Lipinski definition) is 2. The number of rotatable bonds is 6. The Balaban J connectivity index is 0.00000242. The highest BCUT2D eigenvalue weighted by molar-refractivity contribution is 5.96. The molecule has 1 aromatic heterocycles. The number of piperidine rings is 1. The average Bonchev–Trinajstić information content (AvgIpc) is 3.01. The standard InChI is InChI=1S/C31H36N6O3.2ClH/c1-32-29(38)23-10-8-22(9-11-23)24-5-3-7-26(19-24)34-30(39)25-6-4-14-37(21-25)31(40)28-20-27(12-13-33-28)36-17-15-35(2)16-18-36;;/h3,5,7-13,19-20,25H,4,6,14-18,21H2,1-2H3,(H,32,38)(H,34,39);2*1H/t25-;;/m0../s1. The third kappa shape index (κ3) is 7.79. The molecule has 0 radical (unpaired) electrons. The number of carbonyl (C=O) groups excluding carboxylic acids is 3. The van der Waals surface area contributed by atoms with Crippen molar-refractivity contribution in [2.24, 2.45) is 5.92 Å². The molecule has 0 saturated carbocycles. The van der Waals surface area contributed by atoms with Crippen molar-refractivity contribution >= 4 is 53.9 Å². The van der Waals surface area contributed by atoms with Crippen molar-refractivity contribution in [2.75, 3.05) is 63.6 Å². The van der Waals surface area contributed by atoms with Gasteiger partial charge in [-0.3, -0.25) is 19.4 Å². The summed E-state index contributed by atoms with van der Waals surface area (Å²) in [6.07, 6.45) is 3.19. The molecule has 42 heavy (non-hydrogen) atoms. The Morgan fingerprint density at radius 2 is 1.62 bits per heavy atom. The van der Waals surface area contributed by atoms with Gasteiger partial charge in [0.25, 0.3) is 11.8 Å². The normalized spacial score (nSPS) is 17.0. The van der Waals surface area contributed by atoms with Gasteiger partial charge < -0.3 is 25.3 Å². The van der Waals surface area contributed by atoms with E-state index in [1.807, 2.05) is 48.5 Å². The number of carbonyl (C=O) groups is 3. The number of benzene rings is 2. The summed E-state index contributed by atoms with van der Waals surface area (Å²) in [5.74, 6) is -0.653. The summed E-state index contributed by atoms with van der Waals surface area (Å²) >= 11 is 0. The van der Waals surface area contributed by atoms with Gasteiger partial charge in [0.15, 0.2) is 0 Å². The summed E-state index contributed by atoms with van der Waals surface area (Å²) in [5.41, 5.74) is 4.61. The quantitative estimate of drug-likeness (QED) is 0.433. The molecule has 2 saturated heterocycles. The number of halogens is 2. The molecule has 0 aliphatic carbocycles. The van der Waals surface area contributed by atoms with E-state index in [1.165, 1.54) is 0 Å². The number of likely N-dealkylation sites (N-methyl/N-ethyl adjacent to an activating group) is 1. The van der Waals surface area contributed by atoms with E-state index in [0.717, 1.165) is 55.8 Å². The Morgan fingerprint density at radius 1 is 0.881 bits per heavy atom. The summed E-state index contributed by atoms with van der Waals surface area (Å²) in [5, 5.41) is 5.67. The lowest BCUT2D eigenvalue weighted by atomic mass is 9.96. The fourth-order valence-electron chi connectivity index (χ4n) is 5.31. The lowest BCUT2D eigenvalue weighted by molar-refractivity contribution is -0.121. The van der Waals surface area contributed by atoms with Crippen LogP contribution < -0.4 is 15.5 Å². The first-order valence-electron chi connectivity index (χ1n) is 13.8. The zero-order valence-electron chi connectivity index (χ0n) is 23.9. The topological polar surface area (TPSA) is 97.9 Å². The van der Waals surface area contributed by atoms with E-state index in [-0.39, 0.29) is 48.5 Å². The van der Waals surface area contributed by atoms with Crippen molar-refractivity contribution in [1.29, 1.82) is 0 Å². The SMILES string of the molecule is CNC(=O)c1ccc(-c2cccc(NC(=O)[C@H]3CCCN(C(=O)c4cc(N5CCN(C)CC5)ccn4)C3)c2)cc1.Cl.Cl. The van der Waals surface area contributed by atoms with Crippen LogP contribution in [0.1, 0.15) is 33.7 Å². The van der Waals surface area contributed by atoms with E-state index in [1.54, 1.807) is 30.3 Å². The zero-order chi connectivity index (χ0) is 28.1. The lowest BCUT2D eigenvalue weighted by Crippen LogP contribution is -2.45. The molecule has 0 spiro atoms. The predicted molar refractivity (Wildman–Crippen MR) is 171 cm³/mol. The van der Waals surface area contributed by atoms with Crippen molar-refractivity contribution < 1.29 is 14.4 Å². The lowest BCUT2D eigenvalue weighted by Gasteiger charge is -2.34. The first-order valence-corrected chi connectivity index (χ1v) is 13.8. The second-order valence-electron chi connectivity index (χ2n) is 10.5. The fourth-order valence-corrected chi connectivity index (χ4v) is 5.31. The Kier molecular flexibility index (Phi) is 11.7. The summed E-state index contributed by atoms with van der Waals surface area (Å²) in [6, 6.07) is 18.8. The minimum Gasteiger partial charge on any atom is -0.369 e. The molecule has 2 aliphatic heterocycles. The van der Waals surface area contributed by atoms with E-state index in [4.69, 9.17) is 0 Å². The Hall–Kier alpha value is -3.66. The largest absolute Gasteiger partial charge is 0.369 e. The molecule has 2 fully saturated rings. The molecule has 5 rings (SSSR count). The van der Waals surface area contributed by atoms with Gasteiger partial charge in [-0.1, -0.05) is 24.3 Å². The van der Waals surface area contributed by atoms with Crippen molar-refractivity contribution in [3.8, 4) is 11.1 Å². The first kappa shape index (κ1) is 32.8. The van der Waals surface area contributed by atoms with Crippen molar-refractivity contribution in [3.63, 3.8) is 0 Å². The smallest absolute Gasteiger partial charge is 0.272 e. The summed E-state index contributed by atoms with van der Waals surface area (Å²) < 4.78 is 0. The highest BCUT2D eigenvalue weighted by Crippen LogP contribution is 2.26. The molecule has 2 N–H and O–H groups in total. The van der Waals surface area contributed by atoms with Gasteiger partial charge in [-0.2, -0.15) is 0 Å². The van der Waals surface area contributed by atoms with Crippen molar-refractivity contribution in [2.45, 2.75) is 12.8 Å². The number of nitrogens with zero attached hydrogens (tertiary/aromatic N) is 4. The number of amides is 3. The van der Waals surface area contributed by atoms with Crippen LogP contribution in [0, 0.1) is 5.92 Å². The van der Waals surface area contributed by atoms with Crippen molar-refractivity contribution in [3.05, 3.63) is 78.1 Å². The van der Waals surface area contributed by atoms with E-state index in [0.29, 0.717) is 30.0 Å². The van der Waals surface area contributed by atoms with Gasteiger partial charge in [-0.05, 0) is 67.4 Å². The third-order valence-electron chi connectivity index (χ3n) is 7.75. The molecule has 3 heterocycles. The number of piperazine rings is 1. The van der Waals surface area contributed by atoms with Crippen LogP contribution in [0.2, 0.25) is 0 Å². The number of aromatic nitrogens is 1. The van der Waals surface area contributed by atoms with Crippen LogP contribution >= 0.6 is 24.8 Å². The Bertz CT molecular complexity index is 1380. The molecule has 2 aromatic carbocycles. The van der Waals surface area contributed by atoms with Gasteiger partial charge >= 0.3 is 0 Å². The Labute approximate surface area is 259 Å². The predicted octanol–water partition coefficient (Wildman–Crippen LogP) is 4.19. The van der Waals surface area contributed by atoms with Gasteiger partial charge in [-0.25, -0.2) is 0 Å². The van der Waals surface area contributed by atoms with Gasteiger partial charge in [0.2, 0.25) is 5.91 Å². The maximum atomic E-state index is 13.4. The molecular formula is C31H38Cl2N6O3. The minimum atomic E-state index is -0.297. The number of nitrogens with one attached hydrogen (secondary N) is 2. The molecule has 224 valence electrons. The molecule has 3 amide bonds. The molecule has 11 heteroatoms. The molecule has 9 nitrogen and oxygen atoms in total. The van der Waals surface area contributed by atoms with Gasteiger partial charge in [-0.15, -0.1) is 24.8 Å². The minimum absolute atomic E-state index is 0. The molecule has 1 atom stereocenters. The van der Waals surface area contributed by atoms with Gasteiger partial charge in [0.05, 0.1) is 5.92 Å². The van der Waals surface area contributed by atoms with E-state index >= 15 is 0 Å². The maximum absolute atomic E-state index is 13.4. The first-order chi connectivity index (χ1) is 19.4. The van der Waals surface area contributed by atoms with Crippen LogP contribution in [0.25, 0.3) is 11.1 Å². The summed E-state index contributed by atoms with van der Waals surface area (Å²) in [6.45, 7) is 4.80. The number of hydrogen-bond acceptors (Lipinski definition) is 6. The van der Waals surface area contributed by atoms with Gasteiger partial charge in [0.1, 0.15) is 5.69 Å². The summed E-state index contributed by atoms with van der Waals surface area (Å²) in [4.78, 5) is 49.2. The van der Waals surface area contributed by atoms with E-state index in [2.05, 4.69) is 32.5 Å². The molecule has 0 bridgehead atoms. The molecular weight excluding hydrogens is 575 g/mol. The second-order valence-corrected chi connectivity index (χ2v) is 10.5. The highest BCUT2D eigenvalue weighted by Gasteiger charge is 2.30. The Morgan fingerprint density at radius 3 is 2.33 bits per heavy atom. The van der Waals surface area contributed by atoms with Crippen LogP contribution in [0.5, 0.6) is 0 Å².